The fourth-order valence-electron chi connectivity index (χ4n) is 1.79. The van der Waals surface area contributed by atoms with E-state index < -0.39 is 0 Å². The van der Waals surface area contributed by atoms with Crippen molar-refractivity contribution in [1.29, 1.82) is 0 Å². The van der Waals surface area contributed by atoms with E-state index in [4.69, 9.17) is 4.74 Å². The van der Waals surface area contributed by atoms with Gasteiger partial charge >= 0.3 is 0 Å². The summed E-state index contributed by atoms with van der Waals surface area (Å²) in [5.41, 5.74) is 1.07. The Hall–Kier alpha value is -0.670. The Labute approximate surface area is 87.9 Å². The van der Waals surface area contributed by atoms with E-state index in [1.54, 1.807) is 0 Å². The summed E-state index contributed by atoms with van der Waals surface area (Å²) in [5, 5.41) is 1.96. The van der Waals surface area contributed by atoms with Crippen molar-refractivity contribution < 1.29 is 9.53 Å². The molecule has 2 heterocycles. The zero-order chi connectivity index (χ0) is 10.1. The number of ketones is 1. The van der Waals surface area contributed by atoms with Gasteiger partial charge in [-0.15, -0.1) is 11.3 Å². The Morgan fingerprint density at radius 1 is 1.64 bits per heavy atom. The van der Waals surface area contributed by atoms with Crippen LogP contribution in [-0.4, -0.2) is 18.5 Å². The molecule has 0 saturated carbocycles. The number of Topliss-reactive ketones (excluding diaryl/α,β-unsaturated/α-hetero) is 1. The van der Waals surface area contributed by atoms with Crippen LogP contribution < -0.4 is 0 Å². The quantitative estimate of drug-likeness (QED) is 0.701. The zero-order valence-corrected chi connectivity index (χ0v) is 9.26. The van der Waals surface area contributed by atoms with Crippen LogP contribution in [0.2, 0.25) is 0 Å². The first kappa shape index (κ1) is 9.87. The van der Waals surface area contributed by atoms with Crippen LogP contribution in [-0.2, 0) is 4.74 Å². The lowest BCUT2D eigenvalue weighted by Crippen LogP contribution is -2.24. The van der Waals surface area contributed by atoms with Crippen molar-refractivity contribution >= 4 is 17.1 Å². The molecular weight excluding hydrogens is 196 g/mol. The molecule has 0 aliphatic carbocycles. The van der Waals surface area contributed by atoms with E-state index in [1.807, 2.05) is 18.4 Å². The van der Waals surface area contributed by atoms with Gasteiger partial charge in [-0.1, -0.05) is 6.92 Å². The van der Waals surface area contributed by atoms with Crippen molar-refractivity contribution in [2.75, 3.05) is 6.61 Å². The second kappa shape index (κ2) is 3.83. The van der Waals surface area contributed by atoms with Gasteiger partial charge in [0.05, 0.1) is 4.88 Å². The van der Waals surface area contributed by atoms with Crippen molar-refractivity contribution in [1.82, 2.24) is 0 Å². The SMILES string of the molecule is Cc1ccsc1C(=O)C1OCCC1C. The van der Waals surface area contributed by atoms with Gasteiger partial charge in [0.25, 0.3) is 0 Å². The molecule has 0 radical (unpaired) electrons. The monoisotopic (exact) mass is 210 g/mol. The second-order valence-electron chi connectivity index (χ2n) is 3.85. The van der Waals surface area contributed by atoms with Crippen LogP contribution in [0, 0.1) is 12.8 Å². The standard InChI is InChI=1S/C11H14O2S/c1-7-3-5-13-10(7)9(12)11-8(2)4-6-14-11/h4,6-7,10H,3,5H2,1-2H3. The Balaban J connectivity index is 2.20. The van der Waals surface area contributed by atoms with E-state index in [0.29, 0.717) is 5.92 Å². The summed E-state index contributed by atoms with van der Waals surface area (Å²) in [7, 11) is 0. The molecule has 0 aromatic carbocycles. The minimum atomic E-state index is -0.202. The molecule has 0 N–H and O–H groups in total. The summed E-state index contributed by atoms with van der Waals surface area (Å²) < 4.78 is 5.46. The van der Waals surface area contributed by atoms with E-state index in [-0.39, 0.29) is 11.9 Å². The Morgan fingerprint density at radius 2 is 2.43 bits per heavy atom. The first-order chi connectivity index (χ1) is 6.70. The lowest BCUT2D eigenvalue weighted by atomic mass is 9.99. The van der Waals surface area contributed by atoms with Crippen LogP contribution in [0.1, 0.15) is 28.6 Å². The molecule has 2 nitrogen and oxygen atoms in total. The highest BCUT2D eigenvalue weighted by Crippen LogP contribution is 2.26. The maximum atomic E-state index is 12.0. The summed E-state index contributed by atoms with van der Waals surface area (Å²) in [4.78, 5) is 12.9. The summed E-state index contributed by atoms with van der Waals surface area (Å²) >= 11 is 1.52. The topological polar surface area (TPSA) is 26.3 Å². The van der Waals surface area contributed by atoms with Gasteiger partial charge in [-0.05, 0) is 36.3 Å². The minimum Gasteiger partial charge on any atom is -0.370 e. The molecule has 2 unspecified atom stereocenters. The first-order valence-corrected chi connectivity index (χ1v) is 5.78. The molecule has 3 heteroatoms. The van der Waals surface area contributed by atoms with E-state index in [9.17, 15) is 4.79 Å². The third-order valence-electron chi connectivity index (χ3n) is 2.73. The summed E-state index contributed by atoms with van der Waals surface area (Å²) in [5.74, 6) is 0.534. The molecule has 1 aliphatic heterocycles. The Bertz CT molecular complexity index is 343. The third kappa shape index (κ3) is 1.62. The van der Waals surface area contributed by atoms with E-state index in [1.165, 1.54) is 11.3 Å². The minimum absolute atomic E-state index is 0.169. The molecule has 1 saturated heterocycles. The van der Waals surface area contributed by atoms with Crippen molar-refractivity contribution in [3.63, 3.8) is 0 Å². The van der Waals surface area contributed by atoms with Crippen molar-refractivity contribution in [2.45, 2.75) is 26.4 Å². The van der Waals surface area contributed by atoms with Gasteiger partial charge in [-0.25, -0.2) is 0 Å². The van der Waals surface area contributed by atoms with Crippen LogP contribution in [0.5, 0.6) is 0 Å². The maximum Gasteiger partial charge on any atom is 0.201 e. The first-order valence-electron chi connectivity index (χ1n) is 4.90. The lowest BCUT2D eigenvalue weighted by Gasteiger charge is -2.12. The Kier molecular flexibility index (Phi) is 2.70. The number of hydrogen-bond acceptors (Lipinski definition) is 3. The molecule has 1 aromatic heterocycles. The number of hydrogen-bond donors (Lipinski definition) is 0. The van der Waals surface area contributed by atoms with Gasteiger partial charge in [0.15, 0.2) is 0 Å². The molecule has 0 amide bonds. The molecule has 1 fully saturated rings. The van der Waals surface area contributed by atoms with Crippen LogP contribution in [0.15, 0.2) is 11.4 Å². The highest BCUT2D eigenvalue weighted by atomic mass is 32.1. The molecule has 2 atom stereocenters. The van der Waals surface area contributed by atoms with E-state index >= 15 is 0 Å². The predicted molar refractivity (Wildman–Crippen MR) is 56.9 cm³/mol. The van der Waals surface area contributed by atoms with Crippen molar-refractivity contribution in [3.05, 3.63) is 21.9 Å². The normalized spacial score (nSPS) is 26.7. The summed E-state index contributed by atoms with van der Waals surface area (Å²) in [6, 6.07) is 1.98. The summed E-state index contributed by atoms with van der Waals surface area (Å²) in [6.07, 6.45) is 0.799. The fraction of sp³-hybridized carbons (Fsp3) is 0.545. The molecule has 14 heavy (non-hydrogen) atoms. The smallest absolute Gasteiger partial charge is 0.201 e. The number of thiophene rings is 1. The highest BCUT2D eigenvalue weighted by molar-refractivity contribution is 7.12. The Morgan fingerprint density at radius 3 is 2.93 bits per heavy atom. The van der Waals surface area contributed by atoms with Gasteiger partial charge in [0.1, 0.15) is 6.10 Å². The van der Waals surface area contributed by atoms with Gasteiger partial charge in [-0.3, -0.25) is 4.79 Å². The van der Waals surface area contributed by atoms with E-state index in [2.05, 4.69) is 6.92 Å². The van der Waals surface area contributed by atoms with Crippen LogP contribution in [0.25, 0.3) is 0 Å². The molecule has 1 aliphatic rings. The number of carbonyl (C=O) groups is 1. The predicted octanol–water partition coefficient (Wildman–Crippen LogP) is 2.66. The number of carbonyl (C=O) groups excluding carboxylic acids is 1. The van der Waals surface area contributed by atoms with E-state index in [0.717, 1.165) is 23.5 Å². The van der Waals surface area contributed by atoms with Crippen molar-refractivity contribution in [3.8, 4) is 0 Å². The average Bonchev–Trinajstić information content (AvgIpc) is 2.73. The number of rotatable bonds is 2. The number of ether oxygens (including phenoxy) is 1. The molecule has 1 aromatic rings. The molecule has 76 valence electrons. The molecule has 0 spiro atoms. The van der Waals surface area contributed by atoms with Gasteiger partial charge in [0.2, 0.25) is 5.78 Å². The zero-order valence-electron chi connectivity index (χ0n) is 8.45. The molecular formula is C11H14O2S. The molecule has 0 bridgehead atoms. The van der Waals surface area contributed by atoms with Crippen LogP contribution in [0.4, 0.5) is 0 Å². The number of aryl methyl sites for hydroxylation is 1. The van der Waals surface area contributed by atoms with Gasteiger partial charge in [-0.2, -0.15) is 0 Å². The second-order valence-corrected chi connectivity index (χ2v) is 4.77. The highest BCUT2D eigenvalue weighted by Gasteiger charge is 2.32. The summed E-state index contributed by atoms with van der Waals surface area (Å²) in [6.45, 7) is 4.78. The van der Waals surface area contributed by atoms with Crippen LogP contribution >= 0.6 is 11.3 Å². The largest absolute Gasteiger partial charge is 0.370 e. The van der Waals surface area contributed by atoms with Gasteiger partial charge in [0, 0.05) is 6.61 Å². The third-order valence-corrected chi connectivity index (χ3v) is 3.76. The van der Waals surface area contributed by atoms with Crippen LogP contribution in [0.3, 0.4) is 0 Å². The van der Waals surface area contributed by atoms with Crippen molar-refractivity contribution in [2.24, 2.45) is 5.92 Å². The fourth-order valence-corrected chi connectivity index (χ4v) is 2.68. The lowest BCUT2D eigenvalue weighted by molar-refractivity contribution is 0.0583. The maximum absolute atomic E-state index is 12.0. The average molecular weight is 210 g/mol. The van der Waals surface area contributed by atoms with Gasteiger partial charge < -0.3 is 4.74 Å². The molecule has 2 rings (SSSR count).